The van der Waals surface area contributed by atoms with E-state index >= 15 is 0 Å². The molecule has 30 heavy (non-hydrogen) atoms. The molecule has 0 aliphatic heterocycles. The topological polar surface area (TPSA) is 86.1 Å². The van der Waals surface area contributed by atoms with Gasteiger partial charge in [0, 0.05) is 37.0 Å². The van der Waals surface area contributed by atoms with Crippen molar-refractivity contribution in [3.05, 3.63) is 87.3 Å². The number of carbonyl (C=O) groups excluding carboxylic acids is 1. The Kier molecular flexibility index (Phi) is 5.97. The summed E-state index contributed by atoms with van der Waals surface area (Å²) in [6.45, 7) is 0.735. The molecule has 152 valence electrons. The molecule has 0 saturated heterocycles. The van der Waals surface area contributed by atoms with Gasteiger partial charge in [-0.2, -0.15) is 0 Å². The Balaban J connectivity index is 1.60. The summed E-state index contributed by atoms with van der Waals surface area (Å²) in [6.07, 6.45) is 2.23. The molecule has 0 saturated carbocycles. The van der Waals surface area contributed by atoms with Crippen molar-refractivity contribution >= 4 is 33.1 Å². The molecule has 2 aromatic carbocycles. The first-order valence-corrected chi connectivity index (χ1v) is 10.3. The molecule has 0 unspecified atom stereocenters. The highest BCUT2D eigenvalue weighted by Gasteiger charge is 2.16. The number of pyridine rings is 1. The summed E-state index contributed by atoms with van der Waals surface area (Å²) >= 11 is 1.33. The summed E-state index contributed by atoms with van der Waals surface area (Å²) in [6, 6.07) is 17.0. The van der Waals surface area contributed by atoms with Gasteiger partial charge in [-0.05, 0) is 11.6 Å². The van der Waals surface area contributed by atoms with Crippen LogP contribution in [0.3, 0.4) is 0 Å². The van der Waals surface area contributed by atoms with E-state index in [1.807, 2.05) is 30.3 Å². The standard InChI is InChI=1S/C22H20N4O3S/c1-29-12-11-26-14-18(16-9-5-6-10-17(16)21(26)28)20(27)23-22-25-24-19(30-22)13-15-7-3-2-4-8-15/h2-10,14H,11-13H2,1H3,(H,23,25,27). The second-order valence-corrected chi connectivity index (χ2v) is 7.76. The van der Waals surface area contributed by atoms with E-state index in [1.54, 1.807) is 37.6 Å². The van der Waals surface area contributed by atoms with Gasteiger partial charge in [-0.25, -0.2) is 0 Å². The monoisotopic (exact) mass is 420 g/mol. The summed E-state index contributed by atoms with van der Waals surface area (Å²) in [4.78, 5) is 25.7. The molecule has 0 aliphatic carbocycles. The van der Waals surface area contributed by atoms with Crippen molar-refractivity contribution < 1.29 is 9.53 Å². The number of rotatable bonds is 7. The zero-order valence-corrected chi connectivity index (χ0v) is 17.2. The van der Waals surface area contributed by atoms with Crippen LogP contribution in [0.5, 0.6) is 0 Å². The zero-order valence-electron chi connectivity index (χ0n) is 16.4. The molecular formula is C22H20N4O3S. The molecule has 0 bridgehead atoms. The number of methoxy groups -OCH3 is 1. The van der Waals surface area contributed by atoms with Crippen LogP contribution in [-0.2, 0) is 17.7 Å². The molecule has 1 amide bonds. The van der Waals surface area contributed by atoms with Gasteiger partial charge in [-0.1, -0.05) is 59.9 Å². The van der Waals surface area contributed by atoms with Crippen LogP contribution in [0, 0.1) is 0 Å². The zero-order chi connectivity index (χ0) is 20.9. The van der Waals surface area contributed by atoms with Crippen molar-refractivity contribution in [1.29, 1.82) is 0 Å². The first-order valence-electron chi connectivity index (χ1n) is 9.44. The molecule has 2 aromatic heterocycles. The maximum atomic E-state index is 13.0. The van der Waals surface area contributed by atoms with Crippen LogP contribution in [0.15, 0.2) is 65.6 Å². The fourth-order valence-electron chi connectivity index (χ4n) is 3.19. The van der Waals surface area contributed by atoms with E-state index in [1.165, 1.54) is 15.9 Å². The van der Waals surface area contributed by atoms with E-state index in [0.717, 1.165) is 10.6 Å². The smallest absolute Gasteiger partial charge is 0.259 e. The van der Waals surface area contributed by atoms with E-state index < -0.39 is 0 Å². The SMILES string of the molecule is COCCn1cc(C(=O)Nc2nnc(Cc3ccccc3)s2)c2ccccc2c1=O. The number of carbonyl (C=O) groups is 1. The Hall–Kier alpha value is -3.36. The number of nitrogens with one attached hydrogen (secondary N) is 1. The second kappa shape index (κ2) is 8.98. The summed E-state index contributed by atoms with van der Waals surface area (Å²) in [5.41, 5.74) is 1.38. The predicted octanol–water partition coefficient (Wildman–Crippen LogP) is 3.34. The second-order valence-electron chi connectivity index (χ2n) is 6.70. The summed E-state index contributed by atoms with van der Waals surface area (Å²) in [5, 5.41) is 13.4. The Morgan fingerprint density at radius 2 is 1.80 bits per heavy atom. The number of amides is 1. The molecule has 4 aromatic rings. The highest BCUT2D eigenvalue weighted by atomic mass is 32.1. The van der Waals surface area contributed by atoms with Crippen LogP contribution in [-0.4, -0.2) is 34.4 Å². The molecule has 0 aliphatic rings. The Bertz CT molecular complexity index is 1230. The Morgan fingerprint density at radius 1 is 1.07 bits per heavy atom. The number of anilines is 1. The predicted molar refractivity (Wildman–Crippen MR) is 117 cm³/mol. The van der Waals surface area contributed by atoms with Gasteiger partial charge >= 0.3 is 0 Å². The van der Waals surface area contributed by atoms with Gasteiger partial charge in [-0.15, -0.1) is 10.2 Å². The lowest BCUT2D eigenvalue weighted by atomic mass is 10.1. The van der Waals surface area contributed by atoms with Crippen molar-refractivity contribution in [3.8, 4) is 0 Å². The molecule has 0 fully saturated rings. The summed E-state index contributed by atoms with van der Waals surface area (Å²) < 4.78 is 6.59. The third-order valence-corrected chi connectivity index (χ3v) is 5.50. The number of aromatic nitrogens is 3. The largest absolute Gasteiger partial charge is 0.383 e. The van der Waals surface area contributed by atoms with Gasteiger partial charge in [0.1, 0.15) is 5.01 Å². The Morgan fingerprint density at radius 3 is 2.57 bits per heavy atom. The third-order valence-electron chi connectivity index (χ3n) is 4.66. The van der Waals surface area contributed by atoms with Crippen molar-refractivity contribution in [2.75, 3.05) is 19.0 Å². The molecule has 7 nitrogen and oxygen atoms in total. The van der Waals surface area contributed by atoms with Crippen LogP contribution in [0.2, 0.25) is 0 Å². The highest BCUT2D eigenvalue weighted by Crippen LogP contribution is 2.21. The normalized spacial score (nSPS) is 11.0. The lowest BCUT2D eigenvalue weighted by molar-refractivity contribution is 0.102. The minimum atomic E-state index is -0.334. The molecule has 4 rings (SSSR count). The van der Waals surface area contributed by atoms with E-state index in [2.05, 4.69) is 15.5 Å². The van der Waals surface area contributed by atoms with Gasteiger partial charge in [0.25, 0.3) is 11.5 Å². The van der Waals surface area contributed by atoms with Crippen molar-refractivity contribution in [1.82, 2.24) is 14.8 Å². The maximum Gasteiger partial charge on any atom is 0.259 e. The minimum absolute atomic E-state index is 0.153. The minimum Gasteiger partial charge on any atom is -0.383 e. The van der Waals surface area contributed by atoms with E-state index in [-0.39, 0.29) is 11.5 Å². The van der Waals surface area contributed by atoms with Crippen molar-refractivity contribution in [3.63, 3.8) is 0 Å². The maximum absolute atomic E-state index is 13.0. The number of ether oxygens (including phenoxy) is 1. The molecule has 0 atom stereocenters. The van der Waals surface area contributed by atoms with Crippen LogP contribution in [0.25, 0.3) is 10.8 Å². The van der Waals surface area contributed by atoms with E-state index in [4.69, 9.17) is 4.74 Å². The van der Waals surface area contributed by atoms with Crippen LogP contribution < -0.4 is 10.9 Å². The van der Waals surface area contributed by atoms with Gasteiger partial charge < -0.3 is 9.30 Å². The number of hydrogen-bond donors (Lipinski definition) is 1. The number of hydrogen-bond acceptors (Lipinski definition) is 6. The van der Waals surface area contributed by atoms with Gasteiger partial charge in [0.15, 0.2) is 0 Å². The van der Waals surface area contributed by atoms with Crippen LogP contribution >= 0.6 is 11.3 Å². The van der Waals surface area contributed by atoms with E-state index in [9.17, 15) is 9.59 Å². The third kappa shape index (κ3) is 4.29. The number of nitrogens with zero attached hydrogens (tertiary/aromatic N) is 3. The fourth-order valence-corrected chi connectivity index (χ4v) is 3.96. The molecule has 0 spiro atoms. The van der Waals surface area contributed by atoms with Gasteiger partial charge in [-0.3, -0.25) is 14.9 Å². The number of fused-ring (bicyclic) bond motifs is 1. The lowest BCUT2D eigenvalue weighted by Gasteiger charge is -2.11. The fraction of sp³-hybridized carbons (Fsp3) is 0.182. The average Bonchev–Trinajstić information content (AvgIpc) is 3.20. The molecule has 2 heterocycles. The molecule has 0 radical (unpaired) electrons. The number of benzene rings is 2. The Labute approximate surface area is 177 Å². The van der Waals surface area contributed by atoms with E-state index in [0.29, 0.717) is 41.0 Å². The first kappa shape index (κ1) is 19.9. The van der Waals surface area contributed by atoms with Gasteiger partial charge in [0.2, 0.25) is 5.13 Å². The molecule has 1 N–H and O–H groups in total. The highest BCUT2D eigenvalue weighted by molar-refractivity contribution is 7.15. The lowest BCUT2D eigenvalue weighted by Crippen LogP contribution is -2.25. The quantitative estimate of drug-likeness (QED) is 0.496. The van der Waals surface area contributed by atoms with Crippen LogP contribution in [0.1, 0.15) is 20.9 Å². The molecule has 8 heteroatoms. The van der Waals surface area contributed by atoms with Crippen molar-refractivity contribution in [2.24, 2.45) is 0 Å². The summed E-state index contributed by atoms with van der Waals surface area (Å²) in [7, 11) is 1.57. The van der Waals surface area contributed by atoms with Crippen molar-refractivity contribution in [2.45, 2.75) is 13.0 Å². The molecular weight excluding hydrogens is 400 g/mol. The van der Waals surface area contributed by atoms with Gasteiger partial charge in [0.05, 0.1) is 12.2 Å². The first-order chi connectivity index (χ1) is 14.7. The summed E-state index contributed by atoms with van der Waals surface area (Å²) in [5.74, 6) is -0.334. The average molecular weight is 420 g/mol. The van der Waals surface area contributed by atoms with Crippen LogP contribution in [0.4, 0.5) is 5.13 Å².